The van der Waals surface area contributed by atoms with Crippen LogP contribution in [0.3, 0.4) is 0 Å². The Hall–Kier alpha value is -2.86. The molecule has 6 heteroatoms. The van der Waals surface area contributed by atoms with Crippen molar-refractivity contribution in [2.45, 2.75) is 19.8 Å². The summed E-state index contributed by atoms with van der Waals surface area (Å²) in [5, 5.41) is 14.5. The van der Waals surface area contributed by atoms with Crippen LogP contribution in [0.2, 0.25) is 0 Å². The molecule has 2 aliphatic rings. The number of nitrogens with zero attached hydrogens (tertiary/aromatic N) is 4. The molecule has 2 N–H and O–H groups in total. The first kappa shape index (κ1) is 19.1. The van der Waals surface area contributed by atoms with Gasteiger partial charge in [0.2, 0.25) is 5.95 Å². The van der Waals surface area contributed by atoms with Gasteiger partial charge in [0, 0.05) is 54.7 Å². The SMILES string of the molecule is CC(C)c1c(O)ccc2cnc(Nc3ccc(N4CC5CN(C)CC5C4)cc3)nc12. The molecule has 6 nitrogen and oxygen atoms in total. The normalized spacial score (nSPS) is 21.5. The third-order valence-corrected chi connectivity index (χ3v) is 6.50. The number of rotatable bonds is 4. The van der Waals surface area contributed by atoms with Gasteiger partial charge in [-0.25, -0.2) is 9.97 Å². The Kier molecular flexibility index (Phi) is 4.74. The number of aromatic hydroxyl groups is 1. The summed E-state index contributed by atoms with van der Waals surface area (Å²) in [6, 6.07) is 12.1. The standard InChI is InChI=1S/C24H29N5O/c1-15(2)22-21(30)9-4-16-10-25-24(27-23(16)22)26-19-5-7-20(8-6-19)29-13-17-11-28(3)12-18(17)14-29/h4-10,15,17-18,30H,11-14H2,1-3H3,(H,25,26,27). The molecule has 2 aliphatic heterocycles. The van der Waals surface area contributed by atoms with Crippen LogP contribution in [0.25, 0.3) is 10.9 Å². The maximum absolute atomic E-state index is 10.3. The summed E-state index contributed by atoms with van der Waals surface area (Å²) in [5.74, 6) is 2.60. The Morgan fingerprint density at radius 2 is 1.70 bits per heavy atom. The average molecular weight is 404 g/mol. The third-order valence-electron chi connectivity index (χ3n) is 6.50. The number of likely N-dealkylation sites (tertiary alicyclic amines) is 1. The zero-order chi connectivity index (χ0) is 20.8. The van der Waals surface area contributed by atoms with Gasteiger partial charge in [-0.1, -0.05) is 13.8 Å². The van der Waals surface area contributed by atoms with E-state index in [1.807, 2.05) is 12.3 Å². The predicted octanol–water partition coefficient (Wildman–Crippen LogP) is 4.20. The van der Waals surface area contributed by atoms with Crippen LogP contribution in [0.15, 0.2) is 42.6 Å². The number of fused-ring (bicyclic) bond motifs is 2. The van der Waals surface area contributed by atoms with Crippen molar-refractivity contribution in [3.63, 3.8) is 0 Å². The van der Waals surface area contributed by atoms with Crippen molar-refractivity contribution >= 4 is 28.2 Å². The van der Waals surface area contributed by atoms with E-state index in [9.17, 15) is 5.11 Å². The summed E-state index contributed by atoms with van der Waals surface area (Å²) >= 11 is 0. The van der Waals surface area contributed by atoms with Crippen LogP contribution < -0.4 is 10.2 Å². The lowest BCUT2D eigenvalue weighted by Gasteiger charge is -2.21. The minimum Gasteiger partial charge on any atom is -0.508 e. The van der Waals surface area contributed by atoms with Crippen LogP contribution in [0, 0.1) is 11.8 Å². The van der Waals surface area contributed by atoms with E-state index < -0.39 is 0 Å². The Bertz CT molecular complexity index is 1050. The van der Waals surface area contributed by atoms with Crippen molar-refractivity contribution in [3.8, 4) is 5.75 Å². The second-order valence-corrected chi connectivity index (χ2v) is 9.10. The fraction of sp³-hybridized carbons (Fsp3) is 0.417. The lowest BCUT2D eigenvalue weighted by molar-refractivity contribution is 0.387. The second kappa shape index (κ2) is 7.43. The highest BCUT2D eigenvalue weighted by molar-refractivity contribution is 5.85. The molecule has 2 saturated heterocycles. The van der Waals surface area contributed by atoms with Crippen molar-refractivity contribution in [2.24, 2.45) is 11.8 Å². The first-order valence-electron chi connectivity index (χ1n) is 10.8. The summed E-state index contributed by atoms with van der Waals surface area (Å²) in [7, 11) is 2.23. The topological polar surface area (TPSA) is 64.5 Å². The molecule has 0 saturated carbocycles. The number of phenols is 1. The summed E-state index contributed by atoms with van der Waals surface area (Å²) in [4.78, 5) is 14.1. The molecule has 0 radical (unpaired) electrons. The van der Waals surface area contributed by atoms with E-state index in [0.717, 1.165) is 47.1 Å². The van der Waals surface area contributed by atoms with Gasteiger partial charge in [0.15, 0.2) is 0 Å². The van der Waals surface area contributed by atoms with Gasteiger partial charge >= 0.3 is 0 Å². The largest absolute Gasteiger partial charge is 0.508 e. The molecule has 2 unspecified atom stereocenters. The highest BCUT2D eigenvalue weighted by Crippen LogP contribution is 2.34. The van der Waals surface area contributed by atoms with Crippen molar-refractivity contribution < 1.29 is 5.11 Å². The smallest absolute Gasteiger partial charge is 0.227 e. The van der Waals surface area contributed by atoms with Crippen LogP contribution in [-0.2, 0) is 0 Å². The number of aromatic nitrogens is 2. The number of phenolic OH excluding ortho intramolecular Hbond substituents is 1. The molecule has 2 aromatic carbocycles. The Morgan fingerprint density at radius 3 is 2.37 bits per heavy atom. The molecule has 3 aromatic rings. The summed E-state index contributed by atoms with van der Waals surface area (Å²) in [5.41, 5.74) is 3.90. The maximum Gasteiger partial charge on any atom is 0.227 e. The van der Waals surface area contributed by atoms with E-state index >= 15 is 0 Å². The van der Waals surface area contributed by atoms with Crippen LogP contribution >= 0.6 is 0 Å². The van der Waals surface area contributed by atoms with Crippen LogP contribution in [0.5, 0.6) is 5.75 Å². The molecule has 30 heavy (non-hydrogen) atoms. The van der Waals surface area contributed by atoms with Gasteiger partial charge in [0.05, 0.1) is 5.52 Å². The minimum absolute atomic E-state index is 0.176. The van der Waals surface area contributed by atoms with Crippen molar-refractivity contribution in [1.82, 2.24) is 14.9 Å². The second-order valence-electron chi connectivity index (χ2n) is 9.10. The van der Waals surface area contributed by atoms with Gasteiger partial charge in [-0.2, -0.15) is 0 Å². The lowest BCUT2D eigenvalue weighted by atomic mass is 9.99. The molecule has 0 aliphatic carbocycles. The summed E-state index contributed by atoms with van der Waals surface area (Å²) in [6.45, 7) is 8.86. The lowest BCUT2D eigenvalue weighted by Crippen LogP contribution is -2.26. The molecule has 2 fully saturated rings. The van der Waals surface area contributed by atoms with Crippen LogP contribution in [0.1, 0.15) is 25.3 Å². The van der Waals surface area contributed by atoms with Gasteiger partial charge in [-0.05, 0) is 61.2 Å². The highest BCUT2D eigenvalue weighted by Gasteiger charge is 2.38. The summed E-state index contributed by atoms with van der Waals surface area (Å²) < 4.78 is 0. The molecular formula is C24H29N5O. The van der Waals surface area contributed by atoms with Crippen molar-refractivity contribution in [3.05, 3.63) is 48.2 Å². The Labute approximate surface area is 177 Å². The molecule has 5 rings (SSSR count). The van der Waals surface area contributed by atoms with E-state index in [-0.39, 0.29) is 11.7 Å². The highest BCUT2D eigenvalue weighted by atomic mass is 16.3. The fourth-order valence-corrected chi connectivity index (χ4v) is 5.06. The number of anilines is 3. The number of hydrogen-bond acceptors (Lipinski definition) is 6. The molecule has 0 bridgehead atoms. The first-order chi connectivity index (χ1) is 14.5. The predicted molar refractivity (Wildman–Crippen MR) is 122 cm³/mol. The van der Waals surface area contributed by atoms with Crippen molar-refractivity contribution in [2.75, 3.05) is 43.4 Å². The number of nitrogens with one attached hydrogen (secondary N) is 1. The zero-order valence-electron chi connectivity index (χ0n) is 17.8. The zero-order valence-corrected chi connectivity index (χ0v) is 17.8. The van der Waals surface area contributed by atoms with Gasteiger partial charge < -0.3 is 20.2 Å². The molecule has 156 valence electrons. The molecule has 0 spiro atoms. The van der Waals surface area contributed by atoms with Crippen LogP contribution in [-0.4, -0.2) is 53.2 Å². The van der Waals surface area contributed by atoms with Gasteiger partial charge in [0.1, 0.15) is 5.75 Å². The molecule has 2 atom stereocenters. The van der Waals surface area contributed by atoms with E-state index in [2.05, 4.69) is 65.3 Å². The maximum atomic E-state index is 10.3. The average Bonchev–Trinajstić information content (AvgIpc) is 3.25. The van der Waals surface area contributed by atoms with Gasteiger partial charge in [-0.3, -0.25) is 0 Å². The van der Waals surface area contributed by atoms with Crippen molar-refractivity contribution in [1.29, 1.82) is 0 Å². The molecule has 3 heterocycles. The van der Waals surface area contributed by atoms with E-state index in [1.165, 1.54) is 18.8 Å². The van der Waals surface area contributed by atoms with E-state index in [4.69, 9.17) is 4.98 Å². The molecule has 1 aromatic heterocycles. The number of benzene rings is 2. The van der Waals surface area contributed by atoms with Gasteiger partial charge in [-0.15, -0.1) is 0 Å². The Morgan fingerprint density at radius 1 is 1.00 bits per heavy atom. The van der Waals surface area contributed by atoms with Crippen LogP contribution in [0.4, 0.5) is 17.3 Å². The van der Waals surface area contributed by atoms with E-state index in [0.29, 0.717) is 5.95 Å². The quantitative estimate of drug-likeness (QED) is 0.681. The molecular weight excluding hydrogens is 374 g/mol. The summed E-state index contributed by atoms with van der Waals surface area (Å²) in [6.07, 6.45) is 1.81. The Balaban J connectivity index is 1.34. The minimum atomic E-state index is 0.176. The van der Waals surface area contributed by atoms with Gasteiger partial charge in [0.25, 0.3) is 0 Å². The van der Waals surface area contributed by atoms with E-state index in [1.54, 1.807) is 6.07 Å². The fourth-order valence-electron chi connectivity index (χ4n) is 5.06. The molecule has 0 amide bonds. The number of hydrogen-bond donors (Lipinski definition) is 2. The monoisotopic (exact) mass is 403 g/mol. The third kappa shape index (κ3) is 3.45. The first-order valence-corrected chi connectivity index (χ1v) is 10.8.